The van der Waals surface area contributed by atoms with Gasteiger partial charge in [-0.15, -0.1) is 12.4 Å². The second-order valence-electron chi connectivity index (χ2n) is 4.92. The van der Waals surface area contributed by atoms with E-state index in [1.54, 1.807) is 0 Å². The molecule has 2 rings (SSSR count). The fourth-order valence-electron chi connectivity index (χ4n) is 2.26. The Hall–Kier alpha value is -1.22. The van der Waals surface area contributed by atoms with E-state index in [9.17, 15) is 18.5 Å². The van der Waals surface area contributed by atoms with Crippen molar-refractivity contribution in [2.45, 2.75) is 24.8 Å². The molecule has 21 heavy (non-hydrogen) atoms. The van der Waals surface area contributed by atoms with Crippen LogP contribution < -0.4 is 5.32 Å². The van der Waals surface area contributed by atoms with Gasteiger partial charge in [0.05, 0.1) is 9.82 Å². The lowest BCUT2D eigenvalue weighted by Gasteiger charge is -2.31. The Morgan fingerprint density at radius 2 is 2.10 bits per heavy atom. The fourth-order valence-corrected chi connectivity index (χ4v) is 3.87. The molecule has 9 heteroatoms. The van der Waals surface area contributed by atoms with Gasteiger partial charge in [-0.05, 0) is 26.0 Å². The normalized spacial score (nSPS) is 19.8. The molecule has 1 aliphatic rings. The van der Waals surface area contributed by atoms with Crippen molar-refractivity contribution < 1.29 is 13.3 Å². The van der Waals surface area contributed by atoms with Gasteiger partial charge in [-0.3, -0.25) is 10.1 Å². The predicted molar refractivity (Wildman–Crippen MR) is 81.3 cm³/mol. The zero-order valence-electron chi connectivity index (χ0n) is 11.8. The molecule has 1 N–H and O–H groups in total. The molecular weight excluding hydrogens is 318 g/mol. The first-order valence-electron chi connectivity index (χ1n) is 6.31. The third-order valence-corrected chi connectivity index (χ3v) is 5.20. The van der Waals surface area contributed by atoms with E-state index in [2.05, 4.69) is 5.32 Å². The topological polar surface area (TPSA) is 92.6 Å². The van der Waals surface area contributed by atoms with Crippen LogP contribution in [0.3, 0.4) is 0 Å². The number of piperazine rings is 1. The Balaban J connectivity index is 0.00000220. The number of hydrogen-bond donors (Lipinski definition) is 1. The van der Waals surface area contributed by atoms with Gasteiger partial charge in [0.2, 0.25) is 10.0 Å². The fraction of sp³-hybridized carbons (Fsp3) is 0.500. The van der Waals surface area contributed by atoms with Crippen molar-refractivity contribution in [2.75, 3.05) is 19.6 Å². The minimum Gasteiger partial charge on any atom is -0.312 e. The average Bonchev–Trinajstić information content (AvgIpc) is 2.38. The molecule has 7 nitrogen and oxygen atoms in total. The van der Waals surface area contributed by atoms with Crippen LogP contribution in [-0.2, 0) is 10.0 Å². The van der Waals surface area contributed by atoms with Crippen molar-refractivity contribution >= 4 is 28.1 Å². The van der Waals surface area contributed by atoms with Crippen LogP contribution in [0.4, 0.5) is 5.69 Å². The summed E-state index contributed by atoms with van der Waals surface area (Å²) in [5.74, 6) is 0. The van der Waals surface area contributed by atoms with Crippen LogP contribution in [0, 0.1) is 17.0 Å². The van der Waals surface area contributed by atoms with Crippen LogP contribution in [-0.4, -0.2) is 43.3 Å². The molecule has 1 fully saturated rings. The second-order valence-corrected chi connectivity index (χ2v) is 6.86. The number of nitrogens with zero attached hydrogens (tertiary/aromatic N) is 2. The van der Waals surface area contributed by atoms with E-state index >= 15 is 0 Å². The summed E-state index contributed by atoms with van der Waals surface area (Å²) in [6.07, 6.45) is 0. The number of halogens is 1. The van der Waals surface area contributed by atoms with E-state index in [1.807, 2.05) is 6.92 Å². The van der Waals surface area contributed by atoms with Crippen molar-refractivity contribution in [3.8, 4) is 0 Å². The van der Waals surface area contributed by atoms with Gasteiger partial charge in [-0.1, -0.05) is 0 Å². The first-order chi connectivity index (χ1) is 9.32. The number of rotatable bonds is 3. The van der Waals surface area contributed by atoms with Crippen LogP contribution >= 0.6 is 12.4 Å². The highest BCUT2D eigenvalue weighted by Crippen LogP contribution is 2.24. The van der Waals surface area contributed by atoms with E-state index < -0.39 is 14.9 Å². The summed E-state index contributed by atoms with van der Waals surface area (Å²) in [5, 5.41) is 13.9. The molecule has 0 bridgehead atoms. The van der Waals surface area contributed by atoms with Crippen molar-refractivity contribution in [1.29, 1.82) is 0 Å². The Morgan fingerprint density at radius 3 is 2.62 bits per heavy atom. The van der Waals surface area contributed by atoms with Crippen molar-refractivity contribution in [3.05, 3.63) is 33.9 Å². The maximum Gasteiger partial charge on any atom is 0.272 e. The molecule has 0 amide bonds. The molecule has 1 aliphatic heterocycles. The largest absolute Gasteiger partial charge is 0.312 e. The van der Waals surface area contributed by atoms with Gasteiger partial charge in [-0.25, -0.2) is 8.42 Å². The SMILES string of the molecule is Cc1cc(S(=O)(=O)N2CCNC(C)C2)ccc1[N+](=O)[O-].Cl. The molecule has 0 aliphatic carbocycles. The van der Waals surface area contributed by atoms with E-state index in [-0.39, 0.29) is 29.0 Å². The zero-order valence-corrected chi connectivity index (χ0v) is 13.4. The van der Waals surface area contributed by atoms with Gasteiger partial charge < -0.3 is 5.32 Å². The molecule has 1 unspecified atom stereocenters. The highest BCUT2D eigenvalue weighted by atomic mass is 35.5. The highest BCUT2D eigenvalue weighted by Gasteiger charge is 2.29. The summed E-state index contributed by atoms with van der Waals surface area (Å²) in [4.78, 5) is 10.4. The molecule has 1 saturated heterocycles. The average molecular weight is 336 g/mol. The first kappa shape index (κ1) is 17.8. The third-order valence-electron chi connectivity index (χ3n) is 3.33. The molecular formula is C12H18ClN3O4S. The number of hydrogen-bond acceptors (Lipinski definition) is 5. The van der Waals surface area contributed by atoms with Crippen LogP contribution in [0.15, 0.2) is 23.1 Å². The van der Waals surface area contributed by atoms with Gasteiger partial charge in [0.1, 0.15) is 0 Å². The van der Waals surface area contributed by atoms with Crippen LogP contribution in [0.1, 0.15) is 12.5 Å². The van der Waals surface area contributed by atoms with Crippen molar-refractivity contribution in [1.82, 2.24) is 9.62 Å². The lowest BCUT2D eigenvalue weighted by Crippen LogP contribution is -2.51. The number of nitro groups is 1. The Bertz CT molecular complexity index is 635. The maximum atomic E-state index is 12.5. The lowest BCUT2D eigenvalue weighted by molar-refractivity contribution is -0.385. The maximum absolute atomic E-state index is 12.5. The summed E-state index contributed by atoms with van der Waals surface area (Å²) in [7, 11) is -3.59. The molecule has 118 valence electrons. The molecule has 1 aromatic rings. The predicted octanol–water partition coefficient (Wildman–Crippen LogP) is 1.31. The molecule has 1 heterocycles. The monoisotopic (exact) mass is 335 g/mol. The van der Waals surface area contributed by atoms with Gasteiger partial charge in [0.15, 0.2) is 0 Å². The molecule has 1 aromatic carbocycles. The minimum atomic E-state index is -3.59. The highest BCUT2D eigenvalue weighted by molar-refractivity contribution is 7.89. The summed E-state index contributed by atoms with van der Waals surface area (Å²) in [6, 6.07) is 4.00. The van der Waals surface area contributed by atoms with Crippen LogP contribution in [0.2, 0.25) is 0 Å². The summed E-state index contributed by atoms with van der Waals surface area (Å²) < 4.78 is 26.4. The molecule has 0 saturated carbocycles. The Kier molecular flexibility index (Phi) is 5.68. The minimum absolute atomic E-state index is 0. The number of nitrogens with one attached hydrogen (secondary N) is 1. The summed E-state index contributed by atoms with van der Waals surface area (Å²) in [6.45, 7) is 4.87. The summed E-state index contributed by atoms with van der Waals surface area (Å²) in [5.41, 5.74) is 0.275. The van der Waals surface area contributed by atoms with Crippen LogP contribution in [0.5, 0.6) is 0 Å². The molecule has 0 aromatic heterocycles. The lowest BCUT2D eigenvalue weighted by atomic mass is 10.2. The quantitative estimate of drug-likeness (QED) is 0.664. The second kappa shape index (κ2) is 6.69. The van der Waals surface area contributed by atoms with Gasteiger partial charge in [0.25, 0.3) is 5.69 Å². The molecule has 1 atom stereocenters. The standard InChI is InChI=1S/C12H17N3O4S.ClH/c1-9-7-11(3-4-12(9)15(16)17)20(18,19)14-6-5-13-10(2)8-14;/h3-4,7,10,13H,5-6,8H2,1-2H3;1H. The Labute approximate surface area is 129 Å². The van der Waals surface area contributed by atoms with E-state index in [0.717, 1.165) is 0 Å². The van der Waals surface area contributed by atoms with Gasteiger partial charge in [-0.2, -0.15) is 4.31 Å². The number of aryl methyl sites for hydroxylation is 1. The van der Waals surface area contributed by atoms with Crippen molar-refractivity contribution in [3.63, 3.8) is 0 Å². The first-order valence-corrected chi connectivity index (χ1v) is 7.75. The zero-order chi connectivity index (χ0) is 14.9. The van der Waals surface area contributed by atoms with Crippen LogP contribution in [0.25, 0.3) is 0 Å². The van der Waals surface area contributed by atoms with E-state index in [1.165, 1.54) is 29.4 Å². The Morgan fingerprint density at radius 1 is 1.43 bits per heavy atom. The van der Waals surface area contributed by atoms with Gasteiger partial charge in [0, 0.05) is 37.3 Å². The number of sulfonamides is 1. The van der Waals surface area contributed by atoms with E-state index in [0.29, 0.717) is 25.2 Å². The number of benzene rings is 1. The smallest absolute Gasteiger partial charge is 0.272 e. The van der Waals surface area contributed by atoms with Gasteiger partial charge >= 0.3 is 0 Å². The molecule has 0 spiro atoms. The van der Waals surface area contributed by atoms with E-state index in [4.69, 9.17) is 0 Å². The number of nitro benzene ring substituents is 1. The third kappa shape index (κ3) is 3.70. The summed E-state index contributed by atoms with van der Waals surface area (Å²) >= 11 is 0. The molecule has 0 radical (unpaired) electrons. The van der Waals surface area contributed by atoms with Crippen molar-refractivity contribution in [2.24, 2.45) is 0 Å².